The smallest absolute Gasteiger partial charge is 0.302 e. The predicted molar refractivity (Wildman–Crippen MR) is 86.7 cm³/mol. The van der Waals surface area contributed by atoms with Crippen LogP contribution in [-0.2, 0) is 14.3 Å². The van der Waals surface area contributed by atoms with Crippen LogP contribution in [0.4, 0.5) is 0 Å². The Morgan fingerprint density at radius 3 is 2.70 bits per heavy atom. The first kappa shape index (κ1) is 17.2. The number of fused-ring (bicyclic) bond motifs is 1. The largest absolute Gasteiger partial charge is 0.466 e. The third kappa shape index (κ3) is 4.19. The maximum Gasteiger partial charge on any atom is 0.302 e. The lowest BCUT2D eigenvalue weighted by molar-refractivity contribution is -0.141. The summed E-state index contributed by atoms with van der Waals surface area (Å²) < 4.78 is 6.53. The van der Waals surface area contributed by atoms with Gasteiger partial charge in [0.15, 0.2) is 5.65 Å². The van der Waals surface area contributed by atoms with Crippen LogP contribution in [0.1, 0.15) is 26.7 Å². The van der Waals surface area contributed by atoms with Crippen molar-refractivity contribution in [3.8, 4) is 0 Å². The first-order valence-electron chi connectivity index (χ1n) is 7.18. The number of ether oxygens (including phenoxy) is 1. The standard InChI is InChI=1S/C14H19N5O3S/c1-10(20)18(6-4-5-7-22-11(2)21)19-9-17-12-13(19)15-8-16-14(12)23-3/h8-9H,4-7H2,1-3H3. The summed E-state index contributed by atoms with van der Waals surface area (Å²) in [6.45, 7) is 3.71. The van der Waals surface area contributed by atoms with Gasteiger partial charge in [-0.05, 0) is 19.1 Å². The van der Waals surface area contributed by atoms with E-state index in [2.05, 4.69) is 15.0 Å². The third-order valence-electron chi connectivity index (χ3n) is 3.17. The number of aromatic nitrogens is 4. The predicted octanol–water partition coefficient (Wildman–Crippen LogP) is 1.38. The number of carbonyl (C=O) groups is 2. The van der Waals surface area contributed by atoms with Gasteiger partial charge in [0.25, 0.3) is 0 Å². The molecule has 0 aliphatic rings. The number of esters is 1. The van der Waals surface area contributed by atoms with Gasteiger partial charge in [0, 0.05) is 20.4 Å². The van der Waals surface area contributed by atoms with Gasteiger partial charge >= 0.3 is 5.97 Å². The highest BCUT2D eigenvalue weighted by Crippen LogP contribution is 2.21. The fourth-order valence-corrected chi connectivity index (χ4v) is 2.61. The number of carbonyl (C=O) groups excluding carboxylic acids is 2. The fourth-order valence-electron chi connectivity index (χ4n) is 2.12. The van der Waals surface area contributed by atoms with Crippen LogP contribution in [0.5, 0.6) is 0 Å². The van der Waals surface area contributed by atoms with Crippen LogP contribution in [0, 0.1) is 0 Å². The van der Waals surface area contributed by atoms with Crippen LogP contribution >= 0.6 is 11.8 Å². The summed E-state index contributed by atoms with van der Waals surface area (Å²) in [6, 6.07) is 0. The lowest BCUT2D eigenvalue weighted by atomic mass is 10.3. The van der Waals surface area contributed by atoms with Crippen molar-refractivity contribution in [1.82, 2.24) is 19.6 Å². The van der Waals surface area contributed by atoms with Crippen molar-refractivity contribution in [2.45, 2.75) is 31.7 Å². The molecule has 9 heteroatoms. The zero-order chi connectivity index (χ0) is 16.8. The Morgan fingerprint density at radius 2 is 2.04 bits per heavy atom. The summed E-state index contributed by atoms with van der Waals surface area (Å²) in [5, 5.41) is 2.34. The van der Waals surface area contributed by atoms with Gasteiger partial charge in [-0.15, -0.1) is 11.8 Å². The molecule has 0 saturated carbocycles. The second-order valence-electron chi connectivity index (χ2n) is 4.83. The van der Waals surface area contributed by atoms with E-state index < -0.39 is 0 Å². The summed E-state index contributed by atoms with van der Waals surface area (Å²) in [4.78, 5) is 35.4. The van der Waals surface area contributed by atoms with Crippen molar-refractivity contribution >= 4 is 34.8 Å². The van der Waals surface area contributed by atoms with Crippen molar-refractivity contribution < 1.29 is 14.3 Å². The molecule has 0 atom stereocenters. The summed E-state index contributed by atoms with van der Waals surface area (Å²) in [7, 11) is 0. The van der Waals surface area contributed by atoms with Crippen LogP contribution in [-0.4, -0.2) is 50.9 Å². The first-order chi connectivity index (χ1) is 11.0. The summed E-state index contributed by atoms with van der Waals surface area (Å²) >= 11 is 1.48. The molecule has 0 radical (unpaired) electrons. The highest BCUT2D eigenvalue weighted by molar-refractivity contribution is 7.98. The van der Waals surface area contributed by atoms with Crippen LogP contribution in [0.3, 0.4) is 0 Å². The van der Waals surface area contributed by atoms with Crippen molar-refractivity contribution in [3.63, 3.8) is 0 Å². The lowest BCUT2D eigenvalue weighted by Gasteiger charge is -2.22. The number of hydrogen-bond donors (Lipinski definition) is 0. The SMILES string of the molecule is CSc1ncnc2c1ncn2N(CCCCOC(C)=O)C(C)=O. The van der Waals surface area contributed by atoms with Crippen LogP contribution < -0.4 is 5.01 Å². The highest BCUT2D eigenvalue weighted by Gasteiger charge is 2.17. The van der Waals surface area contributed by atoms with E-state index in [1.807, 2.05) is 6.26 Å². The van der Waals surface area contributed by atoms with Crippen LogP contribution in [0.25, 0.3) is 11.2 Å². The molecule has 8 nitrogen and oxygen atoms in total. The zero-order valence-corrected chi connectivity index (χ0v) is 14.2. The number of unbranched alkanes of at least 4 members (excludes halogenated alkanes) is 1. The minimum absolute atomic E-state index is 0.110. The molecule has 1 amide bonds. The molecule has 2 aromatic heterocycles. The topological polar surface area (TPSA) is 90.2 Å². The maximum absolute atomic E-state index is 12.0. The molecule has 2 aromatic rings. The molecule has 0 unspecified atom stereocenters. The second kappa shape index (κ2) is 7.91. The van der Waals surface area contributed by atoms with Gasteiger partial charge in [0.2, 0.25) is 5.91 Å². The van der Waals surface area contributed by atoms with Gasteiger partial charge in [-0.25, -0.2) is 24.6 Å². The summed E-state index contributed by atoms with van der Waals surface area (Å²) in [5.41, 5.74) is 1.27. The Bertz CT molecular complexity index is 703. The average molecular weight is 337 g/mol. The van der Waals surface area contributed by atoms with E-state index in [1.165, 1.54) is 31.9 Å². The molecule has 0 aromatic carbocycles. The Balaban J connectivity index is 2.12. The Kier molecular flexibility index (Phi) is 5.91. The quantitative estimate of drug-likeness (QED) is 0.326. The molecule has 0 spiro atoms. The molecular formula is C14H19N5O3S. The van der Waals surface area contributed by atoms with Crippen LogP contribution in [0.2, 0.25) is 0 Å². The molecule has 2 heterocycles. The minimum Gasteiger partial charge on any atom is -0.466 e. The van der Waals surface area contributed by atoms with E-state index >= 15 is 0 Å². The van der Waals surface area contributed by atoms with E-state index in [-0.39, 0.29) is 11.9 Å². The maximum atomic E-state index is 12.0. The fraction of sp³-hybridized carbons (Fsp3) is 0.500. The van der Waals surface area contributed by atoms with Gasteiger partial charge in [0.05, 0.1) is 6.61 Å². The molecule has 0 N–H and O–H groups in total. The lowest BCUT2D eigenvalue weighted by Crippen LogP contribution is -2.39. The van der Waals surface area contributed by atoms with Crippen molar-refractivity contribution in [2.24, 2.45) is 0 Å². The number of thioether (sulfide) groups is 1. The molecule has 0 aliphatic heterocycles. The summed E-state index contributed by atoms with van der Waals surface area (Å²) in [6.07, 6.45) is 6.34. The highest BCUT2D eigenvalue weighted by atomic mass is 32.2. The average Bonchev–Trinajstić information content (AvgIpc) is 2.93. The zero-order valence-electron chi connectivity index (χ0n) is 13.4. The molecular weight excluding hydrogens is 318 g/mol. The van der Waals surface area contributed by atoms with Gasteiger partial charge in [-0.2, -0.15) is 0 Å². The van der Waals surface area contributed by atoms with E-state index in [4.69, 9.17) is 4.74 Å². The van der Waals surface area contributed by atoms with Gasteiger partial charge < -0.3 is 4.74 Å². The van der Waals surface area contributed by atoms with Gasteiger partial charge in [0.1, 0.15) is 23.2 Å². The van der Waals surface area contributed by atoms with E-state index in [1.54, 1.807) is 16.0 Å². The third-order valence-corrected chi connectivity index (χ3v) is 3.85. The van der Waals surface area contributed by atoms with Gasteiger partial charge in [-0.1, -0.05) is 0 Å². The van der Waals surface area contributed by atoms with Crippen molar-refractivity contribution in [1.29, 1.82) is 0 Å². The molecule has 0 fully saturated rings. The van der Waals surface area contributed by atoms with Gasteiger partial charge in [-0.3, -0.25) is 9.59 Å². The number of rotatable bonds is 7. The molecule has 2 rings (SSSR count). The number of nitrogens with zero attached hydrogens (tertiary/aromatic N) is 5. The Morgan fingerprint density at radius 1 is 1.26 bits per heavy atom. The van der Waals surface area contributed by atoms with Crippen molar-refractivity contribution in [3.05, 3.63) is 12.7 Å². The molecule has 0 saturated heterocycles. The number of amides is 1. The van der Waals surface area contributed by atoms with E-state index in [0.29, 0.717) is 37.2 Å². The Labute approximate surface area is 138 Å². The first-order valence-corrected chi connectivity index (χ1v) is 8.41. The van der Waals surface area contributed by atoms with Crippen molar-refractivity contribution in [2.75, 3.05) is 24.4 Å². The van der Waals surface area contributed by atoms with Crippen LogP contribution in [0.15, 0.2) is 17.7 Å². The number of hydrogen-bond acceptors (Lipinski definition) is 7. The Hall–Kier alpha value is -2.16. The molecule has 0 bridgehead atoms. The second-order valence-corrected chi connectivity index (χ2v) is 5.63. The molecule has 124 valence electrons. The number of imidazole rings is 1. The summed E-state index contributed by atoms with van der Waals surface area (Å²) in [5.74, 6) is -0.406. The molecule has 0 aliphatic carbocycles. The van der Waals surface area contributed by atoms with E-state index in [0.717, 1.165) is 5.03 Å². The monoisotopic (exact) mass is 337 g/mol. The minimum atomic E-state index is -0.296. The van der Waals surface area contributed by atoms with E-state index in [9.17, 15) is 9.59 Å². The normalized spacial score (nSPS) is 10.7. The molecule has 23 heavy (non-hydrogen) atoms.